The average molecular weight is 574 g/mol. The first kappa shape index (κ1) is 28.9. The van der Waals surface area contributed by atoms with Gasteiger partial charge in [0.15, 0.2) is 11.5 Å². The Morgan fingerprint density at radius 1 is 1.05 bits per heavy atom. The molecule has 0 radical (unpaired) electrons. The highest BCUT2D eigenvalue weighted by Gasteiger charge is 2.25. The first-order chi connectivity index (χ1) is 20.4. The average Bonchev–Trinajstić information content (AvgIpc) is 3.42. The number of benzene rings is 1. The lowest BCUT2D eigenvalue weighted by Crippen LogP contribution is -2.41. The number of rotatable bonds is 5. The molecule has 1 aromatic carbocycles. The summed E-state index contributed by atoms with van der Waals surface area (Å²) >= 11 is 0. The van der Waals surface area contributed by atoms with Crippen LogP contribution in [0.2, 0.25) is 0 Å². The number of ether oxygens (including phenoxy) is 1. The van der Waals surface area contributed by atoms with Crippen molar-refractivity contribution < 1.29 is 19.4 Å². The quantitative estimate of drug-likeness (QED) is 0.277. The Labute approximate surface area is 243 Å². The Morgan fingerprint density at radius 2 is 1.79 bits per heavy atom. The van der Waals surface area contributed by atoms with Crippen LogP contribution in [0, 0.1) is 0 Å². The predicted molar refractivity (Wildman–Crippen MR) is 160 cm³/mol. The van der Waals surface area contributed by atoms with E-state index in [1.54, 1.807) is 24.5 Å². The van der Waals surface area contributed by atoms with Crippen LogP contribution in [0.3, 0.4) is 0 Å². The highest BCUT2D eigenvalue weighted by molar-refractivity contribution is 5.99. The number of carboxylic acid groups (broad SMARTS) is 1. The van der Waals surface area contributed by atoms with Crippen LogP contribution in [0.25, 0.3) is 22.4 Å². The topological polar surface area (TPSA) is 159 Å². The van der Waals surface area contributed by atoms with Gasteiger partial charge >= 0.3 is 6.03 Å². The number of urea groups is 1. The van der Waals surface area contributed by atoms with Crippen molar-refractivity contribution in [3.8, 4) is 11.4 Å². The SMILES string of the molecule is CC(=O)O.CC1CN(c2nc(-c3ccc(NC(=O)Nc4cccnc4)cc3)nc3c2cnn3C2CCNCC2)CCO1. The molecule has 13 nitrogen and oxygen atoms in total. The molecule has 2 aliphatic rings. The highest BCUT2D eigenvalue weighted by atomic mass is 16.5. The van der Waals surface area contributed by atoms with E-state index in [9.17, 15) is 4.79 Å². The minimum Gasteiger partial charge on any atom is -0.481 e. The van der Waals surface area contributed by atoms with Crippen molar-refractivity contribution >= 4 is 40.2 Å². The number of carbonyl (C=O) groups is 2. The molecule has 2 fully saturated rings. The molecule has 4 aromatic rings. The molecular weight excluding hydrogens is 538 g/mol. The zero-order valence-corrected chi connectivity index (χ0v) is 23.7. The fraction of sp³-hybridized carbons (Fsp3) is 0.379. The van der Waals surface area contributed by atoms with E-state index in [1.807, 2.05) is 30.5 Å². The lowest BCUT2D eigenvalue weighted by molar-refractivity contribution is -0.134. The molecule has 0 bridgehead atoms. The molecule has 1 unspecified atom stereocenters. The third-order valence-electron chi connectivity index (χ3n) is 6.95. The van der Waals surface area contributed by atoms with Crippen LogP contribution in [0.1, 0.15) is 32.7 Å². The number of nitrogens with one attached hydrogen (secondary N) is 3. The number of aliphatic carboxylic acids is 1. The molecule has 2 amide bonds. The second-order valence-corrected chi connectivity index (χ2v) is 10.2. The smallest absolute Gasteiger partial charge is 0.323 e. The summed E-state index contributed by atoms with van der Waals surface area (Å²) in [6.45, 7) is 7.30. The third kappa shape index (κ3) is 7.17. The van der Waals surface area contributed by atoms with Gasteiger partial charge in [-0.3, -0.25) is 9.78 Å². The summed E-state index contributed by atoms with van der Waals surface area (Å²) in [7, 11) is 0. The van der Waals surface area contributed by atoms with Crippen molar-refractivity contribution in [2.24, 2.45) is 0 Å². The van der Waals surface area contributed by atoms with Gasteiger partial charge < -0.3 is 30.7 Å². The number of aromatic nitrogens is 5. The van der Waals surface area contributed by atoms with Gasteiger partial charge in [0, 0.05) is 37.5 Å². The second kappa shape index (κ2) is 13.4. The predicted octanol–water partition coefficient (Wildman–Crippen LogP) is 3.77. The van der Waals surface area contributed by atoms with E-state index in [0.29, 0.717) is 29.8 Å². The summed E-state index contributed by atoms with van der Waals surface area (Å²) in [5, 5.41) is 22.2. The number of anilines is 3. The van der Waals surface area contributed by atoms with E-state index in [4.69, 9.17) is 29.7 Å². The molecule has 42 heavy (non-hydrogen) atoms. The number of morpholine rings is 1. The van der Waals surface area contributed by atoms with Crippen LogP contribution in [-0.2, 0) is 9.53 Å². The van der Waals surface area contributed by atoms with Crippen LogP contribution < -0.4 is 20.9 Å². The minimum atomic E-state index is -0.833. The van der Waals surface area contributed by atoms with Gasteiger partial charge in [0.1, 0.15) is 5.82 Å². The number of piperidine rings is 1. The van der Waals surface area contributed by atoms with E-state index in [0.717, 1.165) is 68.4 Å². The Hall–Kier alpha value is -4.62. The van der Waals surface area contributed by atoms with Crippen LogP contribution >= 0.6 is 0 Å². The molecule has 2 aliphatic heterocycles. The van der Waals surface area contributed by atoms with Gasteiger partial charge in [0.2, 0.25) is 0 Å². The van der Waals surface area contributed by atoms with Crippen molar-refractivity contribution in [1.82, 2.24) is 30.0 Å². The van der Waals surface area contributed by atoms with Gasteiger partial charge in [-0.15, -0.1) is 0 Å². The first-order valence-electron chi connectivity index (χ1n) is 14.0. The van der Waals surface area contributed by atoms with Crippen molar-refractivity contribution in [3.05, 3.63) is 55.0 Å². The first-order valence-corrected chi connectivity index (χ1v) is 14.0. The van der Waals surface area contributed by atoms with Gasteiger partial charge in [0.25, 0.3) is 5.97 Å². The summed E-state index contributed by atoms with van der Waals surface area (Å²) < 4.78 is 7.86. The fourth-order valence-corrected chi connectivity index (χ4v) is 5.04. The van der Waals surface area contributed by atoms with Crippen molar-refractivity contribution in [2.75, 3.05) is 48.3 Å². The van der Waals surface area contributed by atoms with Crippen molar-refractivity contribution in [1.29, 1.82) is 0 Å². The lowest BCUT2D eigenvalue weighted by Gasteiger charge is -2.32. The Balaban J connectivity index is 0.000000830. The molecule has 4 N–H and O–H groups in total. The Bertz CT molecular complexity index is 1500. The number of nitrogens with zero attached hydrogens (tertiary/aromatic N) is 6. The molecule has 0 aliphatic carbocycles. The number of hydrogen-bond acceptors (Lipinski definition) is 9. The largest absolute Gasteiger partial charge is 0.481 e. The van der Waals surface area contributed by atoms with Gasteiger partial charge in [-0.05, 0) is 69.3 Å². The number of carboxylic acids is 1. The zero-order valence-electron chi connectivity index (χ0n) is 23.7. The molecule has 6 rings (SSSR count). The number of amides is 2. The highest BCUT2D eigenvalue weighted by Crippen LogP contribution is 2.32. The van der Waals surface area contributed by atoms with Crippen LogP contribution in [0.15, 0.2) is 55.0 Å². The summed E-state index contributed by atoms with van der Waals surface area (Å²) in [5.41, 5.74) is 3.01. The van der Waals surface area contributed by atoms with E-state index < -0.39 is 5.97 Å². The number of pyridine rings is 1. The molecule has 0 saturated carbocycles. The number of hydrogen-bond donors (Lipinski definition) is 4. The molecule has 0 spiro atoms. The monoisotopic (exact) mass is 573 g/mol. The maximum Gasteiger partial charge on any atom is 0.323 e. The lowest BCUT2D eigenvalue weighted by atomic mass is 10.1. The fourth-order valence-electron chi connectivity index (χ4n) is 5.04. The normalized spacial score (nSPS) is 17.3. The van der Waals surface area contributed by atoms with Crippen molar-refractivity contribution in [3.63, 3.8) is 0 Å². The molecule has 5 heterocycles. The summed E-state index contributed by atoms with van der Waals surface area (Å²) in [6, 6.07) is 11.1. The van der Waals surface area contributed by atoms with E-state index in [-0.39, 0.29) is 12.1 Å². The van der Waals surface area contributed by atoms with Crippen LogP contribution in [0.4, 0.5) is 22.0 Å². The van der Waals surface area contributed by atoms with E-state index >= 15 is 0 Å². The molecule has 220 valence electrons. The van der Waals surface area contributed by atoms with Gasteiger partial charge in [-0.2, -0.15) is 5.10 Å². The zero-order chi connectivity index (χ0) is 29.5. The van der Waals surface area contributed by atoms with Crippen LogP contribution in [-0.4, -0.2) is 80.7 Å². The maximum absolute atomic E-state index is 12.4. The Kier molecular flexibility index (Phi) is 9.19. The summed E-state index contributed by atoms with van der Waals surface area (Å²) in [4.78, 5) is 37.7. The van der Waals surface area contributed by atoms with Crippen LogP contribution in [0.5, 0.6) is 0 Å². The van der Waals surface area contributed by atoms with E-state index in [2.05, 4.69) is 37.4 Å². The number of carbonyl (C=O) groups excluding carboxylic acids is 1. The molecule has 3 aromatic heterocycles. The maximum atomic E-state index is 12.4. The summed E-state index contributed by atoms with van der Waals surface area (Å²) in [6.07, 6.45) is 7.32. The second-order valence-electron chi connectivity index (χ2n) is 10.2. The summed E-state index contributed by atoms with van der Waals surface area (Å²) in [5.74, 6) is 0.687. The Morgan fingerprint density at radius 3 is 2.48 bits per heavy atom. The van der Waals surface area contributed by atoms with Gasteiger partial charge in [-0.1, -0.05) is 0 Å². The minimum absolute atomic E-state index is 0.125. The molecule has 13 heteroatoms. The van der Waals surface area contributed by atoms with E-state index in [1.165, 1.54) is 0 Å². The van der Waals surface area contributed by atoms with Gasteiger partial charge in [0.05, 0.1) is 42.2 Å². The van der Waals surface area contributed by atoms with Gasteiger partial charge in [-0.25, -0.2) is 19.4 Å². The molecule has 2 saturated heterocycles. The third-order valence-corrected chi connectivity index (χ3v) is 6.95. The molecule has 1 atom stereocenters. The standard InChI is InChI=1S/C27H31N9O2.C2H4O2/c1-18-17-35(13-14-38-18)25-23-16-30-36(22-8-11-28-12-9-22)26(23)34-24(33-25)19-4-6-20(7-5-19)31-27(37)32-21-3-2-10-29-15-21;1-2(3)4/h2-7,10,15-16,18,22,28H,8-9,11-14,17H2,1H3,(H2,31,32,37);1H3,(H,3,4). The molecular formula is C29H35N9O4. The number of fused-ring (bicyclic) bond motifs is 1. The van der Waals surface area contributed by atoms with Crippen molar-refractivity contribution in [2.45, 2.75) is 38.8 Å².